The quantitative estimate of drug-likeness (QED) is 0.825. The van der Waals surface area contributed by atoms with Crippen molar-refractivity contribution in [2.75, 3.05) is 0 Å². The molecule has 2 nitrogen and oxygen atoms in total. The van der Waals surface area contributed by atoms with Gasteiger partial charge in [-0.15, -0.1) is 0 Å². The molecule has 18 heavy (non-hydrogen) atoms. The van der Waals surface area contributed by atoms with Gasteiger partial charge in [0.05, 0.1) is 0 Å². The average Bonchev–Trinajstić information content (AvgIpc) is 2.39. The molecule has 0 aliphatic heterocycles. The molecule has 0 unspecified atom stereocenters. The van der Waals surface area contributed by atoms with Crippen LogP contribution in [0.3, 0.4) is 0 Å². The fraction of sp³-hybridized carbons (Fsp3) is 0.562. The number of ketones is 1. The third-order valence-electron chi connectivity index (χ3n) is 4.05. The van der Waals surface area contributed by atoms with Crippen LogP contribution in [0.5, 0.6) is 0 Å². The number of carbonyl (C=O) groups is 1. The number of Topliss-reactive ketones (excluding diaryl/α,β-unsaturated/α-hetero) is 1. The van der Waals surface area contributed by atoms with Gasteiger partial charge >= 0.3 is 0 Å². The number of aryl methyl sites for hydroxylation is 1. The molecule has 0 saturated heterocycles. The van der Waals surface area contributed by atoms with Crippen LogP contribution in [0, 0.1) is 0 Å². The summed E-state index contributed by atoms with van der Waals surface area (Å²) in [7, 11) is 0. The highest BCUT2D eigenvalue weighted by Crippen LogP contribution is 2.29. The normalized spacial score (nSPS) is 18.6. The van der Waals surface area contributed by atoms with E-state index in [1.54, 1.807) is 0 Å². The predicted molar refractivity (Wildman–Crippen MR) is 74.8 cm³/mol. The van der Waals surface area contributed by atoms with Gasteiger partial charge in [0.15, 0.2) is 5.78 Å². The van der Waals surface area contributed by atoms with Gasteiger partial charge in [0.1, 0.15) is 0 Å². The highest BCUT2D eigenvalue weighted by molar-refractivity contribution is 5.96. The minimum Gasteiger partial charge on any atom is -0.325 e. The van der Waals surface area contributed by atoms with Crippen LogP contribution in [0.4, 0.5) is 0 Å². The Morgan fingerprint density at radius 3 is 2.33 bits per heavy atom. The molecule has 0 atom stereocenters. The fourth-order valence-electron chi connectivity index (χ4n) is 2.78. The van der Waals surface area contributed by atoms with E-state index in [1.165, 1.54) is 24.8 Å². The molecule has 2 N–H and O–H groups in total. The Bertz CT molecular complexity index is 402. The van der Waals surface area contributed by atoms with Crippen LogP contribution in [-0.4, -0.2) is 11.3 Å². The number of nitrogens with two attached hydrogens (primary N) is 1. The van der Waals surface area contributed by atoms with Gasteiger partial charge in [-0.3, -0.25) is 4.79 Å². The minimum atomic E-state index is -0.251. The van der Waals surface area contributed by atoms with Crippen LogP contribution in [0.25, 0.3) is 0 Å². The summed E-state index contributed by atoms with van der Waals surface area (Å²) in [5.41, 5.74) is 8.16. The van der Waals surface area contributed by atoms with Crippen LogP contribution >= 0.6 is 0 Å². The summed E-state index contributed by atoms with van der Waals surface area (Å²) in [6.45, 7) is 2.12. The molecule has 1 aromatic carbocycles. The van der Waals surface area contributed by atoms with Gasteiger partial charge in [-0.1, -0.05) is 50.5 Å². The van der Waals surface area contributed by atoms with Gasteiger partial charge in [0.2, 0.25) is 0 Å². The van der Waals surface area contributed by atoms with Gasteiger partial charge in [-0.25, -0.2) is 0 Å². The zero-order valence-electron chi connectivity index (χ0n) is 11.2. The topological polar surface area (TPSA) is 43.1 Å². The van der Waals surface area contributed by atoms with Crippen molar-refractivity contribution in [3.8, 4) is 0 Å². The van der Waals surface area contributed by atoms with E-state index in [9.17, 15) is 4.79 Å². The zero-order chi connectivity index (χ0) is 13.0. The largest absolute Gasteiger partial charge is 0.325 e. The first kappa shape index (κ1) is 13.3. The molecule has 1 aromatic rings. The average molecular weight is 245 g/mol. The van der Waals surface area contributed by atoms with Gasteiger partial charge in [0, 0.05) is 17.5 Å². The second-order valence-electron chi connectivity index (χ2n) is 5.57. The highest BCUT2D eigenvalue weighted by Gasteiger charge is 2.30. The first-order chi connectivity index (χ1) is 8.63. The smallest absolute Gasteiger partial charge is 0.164 e. The predicted octanol–water partition coefficient (Wildman–Crippen LogP) is 3.48. The molecule has 1 saturated carbocycles. The molecule has 0 aromatic heterocycles. The maximum Gasteiger partial charge on any atom is 0.164 e. The van der Waals surface area contributed by atoms with Crippen LogP contribution in [-0.2, 0) is 6.42 Å². The molecule has 98 valence electrons. The number of hydrogen-bond donors (Lipinski definition) is 1. The Morgan fingerprint density at radius 1 is 1.17 bits per heavy atom. The Kier molecular flexibility index (Phi) is 4.18. The van der Waals surface area contributed by atoms with Gasteiger partial charge in [-0.2, -0.15) is 0 Å². The lowest BCUT2D eigenvalue weighted by molar-refractivity contribution is 0.0934. The SMILES string of the molecule is CCc1ccc(C(=O)CC2(N)CCCCC2)cc1. The summed E-state index contributed by atoms with van der Waals surface area (Å²) in [4.78, 5) is 12.2. The minimum absolute atomic E-state index is 0.196. The van der Waals surface area contributed by atoms with Gasteiger partial charge in [0.25, 0.3) is 0 Å². The van der Waals surface area contributed by atoms with Crippen molar-refractivity contribution in [1.82, 2.24) is 0 Å². The first-order valence-electron chi connectivity index (χ1n) is 7.04. The second-order valence-corrected chi connectivity index (χ2v) is 5.57. The van der Waals surface area contributed by atoms with E-state index in [2.05, 4.69) is 6.92 Å². The van der Waals surface area contributed by atoms with E-state index < -0.39 is 0 Å². The van der Waals surface area contributed by atoms with Crippen LogP contribution < -0.4 is 5.73 Å². The standard InChI is InChI=1S/C16H23NO/c1-2-13-6-8-14(9-7-13)15(18)12-16(17)10-4-3-5-11-16/h6-9H,2-5,10-12,17H2,1H3. The van der Waals surface area contributed by atoms with Crippen molar-refractivity contribution in [1.29, 1.82) is 0 Å². The first-order valence-corrected chi connectivity index (χ1v) is 7.04. The summed E-state index contributed by atoms with van der Waals surface area (Å²) in [6, 6.07) is 7.95. The maximum atomic E-state index is 12.2. The Labute approximate surface area is 110 Å². The Balaban J connectivity index is 2.02. The Morgan fingerprint density at radius 2 is 1.78 bits per heavy atom. The summed E-state index contributed by atoms with van der Waals surface area (Å²) in [6.07, 6.45) is 7.08. The fourth-order valence-corrected chi connectivity index (χ4v) is 2.78. The van der Waals surface area contributed by atoms with E-state index in [0.717, 1.165) is 24.8 Å². The highest BCUT2D eigenvalue weighted by atomic mass is 16.1. The van der Waals surface area contributed by atoms with E-state index in [1.807, 2.05) is 24.3 Å². The lowest BCUT2D eigenvalue weighted by Gasteiger charge is -2.32. The number of benzene rings is 1. The van der Waals surface area contributed by atoms with Gasteiger partial charge in [-0.05, 0) is 24.8 Å². The van der Waals surface area contributed by atoms with Crippen molar-refractivity contribution >= 4 is 5.78 Å². The monoisotopic (exact) mass is 245 g/mol. The summed E-state index contributed by atoms with van der Waals surface area (Å²) in [5, 5.41) is 0. The van der Waals surface area contributed by atoms with Crippen molar-refractivity contribution < 1.29 is 4.79 Å². The molecule has 0 heterocycles. The number of hydrogen-bond acceptors (Lipinski definition) is 2. The van der Waals surface area contributed by atoms with Crippen LogP contribution in [0.2, 0.25) is 0 Å². The maximum absolute atomic E-state index is 12.2. The molecule has 0 amide bonds. The second kappa shape index (κ2) is 5.66. The van der Waals surface area contributed by atoms with E-state index >= 15 is 0 Å². The molecule has 1 aliphatic carbocycles. The molecule has 1 aliphatic rings. The third kappa shape index (κ3) is 3.20. The molecule has 0 spiro atoms. The summed E-state index contributed by atoms with van der Waals surface area (Å²) < 4.78 is 0. The van der Waals surface area contributed by atoms with Crippen LogP contribution in [0.1, 0.15) is 61.4 Å². The van der Waals surface area contributed by atoms with Crippen molar-refractivity contribution in [3.63, 3.8) is 0 Å². The lowest BCUT2D eigenvalue weighted by atomic mass is 9.78. The molecule has 0 radical (unpaired) electrons. The molecule has 2 rings (SSSR count). The van der Waals surface area contributed by atoms with Crippen molar-refractivity contribution in [2.45, 2.75) is 57.4 Å². The van der Waals surface area contributed by atoms with Crippen LogP contribution in [0.15, 0.2) is 24.3 Å². The summed E-state index contributed by atoms with van der Waals surface area (Å²) >= 11 is 0. The van der Waals surface area contributed by atoms with Gasteiger partial charge < -0.3 is 5.73 Å². The van der Waals surface area contributed by atoms with E-state index in [4.69, 9.17) is 5.73 Å². The van der Waals surface area contributed by atoms with E-state index in [0.29, 0.717) is 6.42 Å². The molecule has 2 heteroatoms. The lowest BCUT2D eigenvalue weighted by Crippen LogP contribution is -2.43. The van der Waals surface area contributed by atoms with Crippen molar-refractivity contribution in [3.05, 3.63) is 35.4 Å². The molecular weight excluding hydrogens is 222 g/mol. The molecule has 1 fully saturated rings. The molecular formula is C16H23NO. The van der Waals surface area contributed by atoms with Crippen molar-refractivity contribution in [2.24, 2.45) is 5.73 Å². The summed E-state index contributed by atoms with van der Waals surface area (Å²) in [5.74, 6) is 0.196. The van der Waals surface area contributed by atoms with E-state index in [-0.39, 0.29) is 11.3 Å². The third-order valence-corrected chi connectivity index (χ3v) is 4.05. The number of rotatable bonds is 4. The zero-order valence-corrected chi connectivity index (χ0v) is 11.2. The Hall–Kier alpha value is -1.15. The number of carbonyl (C=O) groups excluding carboxylic acids is 1. The molecule has 0 bridgehead atoms.